The lowest BCUT2D eigenvalue weighted by atomic mass is 9.72. The highest BCUT2D eigenvalue weighted by Gasteiger charge is 2.51. The molecule has 2 aromatic carbocycles. The molecule has 2 aromatic rings. The van der Waals surface area contributed by atoms with Crippen LogP contribution in [-0.4, -0.2) is 98.8 Å². The molecule has 6 N–H and O–H groups in total. The predicted octanol–water partition coefficient (Wildman–Crippen LogP) is 0.721. The number of hydrogen-bond donors (Lipinski definition) is 6. The summed E-state index contributed by atoms with van der Waals surface area (Å²) in [5.41, 5.74) is -4.74. The van der Waals surface area contributed by atoms with Gasteiger partial charge < -0.3 is 45.1 Å². The Morgan fingerprint density at radius 2 is 1.78 bits per heavy atom. The highest BCUT2D eigenvalue weighted by atomic mass is 19.4. The fraction of sp³-hybridized carbons (Fsp3) is 0.448. The lowest BCUT2D eigenvalue weighted by Gasteiger charge is -2.43. The maximum absolute atomic E-state index is 13.7. The average molecular weight is 640 g/mol. The number of amides is 1. The molecule has 16 heteroatoms. The number of ketones is 3. The molecule has 242 valence electrons. The van der Waals surface area contributed by atoms with Crippen LogP contribution in [0.15, 0.2) is 18.2 Å². The van der Waals surface area contributed by atoms with E-state index in [4.69, 9.17) is 14.2 Å². The van der Waals surface area contributed by atoms with E-state index < -0.39 is 114 Å². The van der Waals surface area contributed by atoms with Crippen molar-refractivity contribution in [3.8, 4) is 17.2 Å². The molecule has 5 rings (SSSR count). The number of aromatic hydroxyl groups is 2. The summed E-state index contributed by atoms with van der Waals surface area (Å²) in [4.78, 5) is 51.5. The van der Waals surface area contributed by atoms with Gasteiger partial charge in [0.1, 0.15) is 35.6 Å². The lowest BCUT2D eigenvalue weighted by molar-refractivity contribution is -0.250. The molecule has 2 aliphatic carbocycles. The summed E-state index contributed by atoms with van der Waals surface area (Å²) in [7, 11) is 1.25. The fourth-order valence-electron chi connectivity index (χ4n) is 6.11. The molecule has 1 aliphatic heterocycles. The van der Waals surface area contributed by atoms with Gasteiger partial charge in [-0.25, -0.2) is 0 Å². The number of phenols is 2. The van der Waals surface area contributed by atoms with Gasteiger partial charge >= 0.3 is 12.1 Å². The summed E-state index contributed by atoms with van der Waals surface area (Å²) >= 11 is 0. The summed E-state index contributed by atoms with van der Waals surface area (Å²) < 4.78 is 55.5. The average Bonchev–Trinajstić information content (AvgIpc) is 2.98. The number of phenolic OH excluding ortho intramolecular Hbond substituents is 2. The first-order valence-corrected chi connectivity index (χ1v) is 13.6. The van der Waals surface area contributed by atoms with Gasteiger partial charge in [-0.2, -0.15) is 13.2 Å². The van der Waals surface area contributed by atoms with Crippen LogP contribution in [0.2, 0.25) is 0 Å². The number of carbonyl (C=O) groups excluding carboxylic acids is 4. The number of methoxy groups -OCH3 is 1. The monoisotopic (exact) mass is 639 g/mol. The van der Waals surface area contributed by atoms with Crippen LogP contribution in [0.4, 0.5) is 13.2 Å². The number of aliphatic hydroxyl groups is 3. The van der Waals surface area contributed by atoms with Crippen molar-refractivity contribution in [1.29, 1.82) is 0 Å². The zero-order chi connectivity index (χ0) is 33.2. The Morgan fingerprint density at radius 1 is 1.11 bits per heavy atom. The quantitative estimate of drug-likeness (QED) is 0.206. The number of benzene rings is 2. The first-order valence-electron chi connectivity index (χ1n) is 13.6. The third kappa shape index (κ3) is 5.31. The second-order valence-electron chi connectivity index (χ2n) is 11.1. The number of halogens is 3. The van der Waals surface area contributed by atoms with E-state index >= 15 is 0 Å². The Balaban J connectivity index is 1.61. The molecule has 4 unspecified atom stereocenters. The summed E-state index contributed by atoms with van der Waals surface area (Å²) in [5, 5.41) is 55.8. The second-order valence-corrected chi connectivity index (χ2v) is 11.1. The minimum Gasteiger partial charge on any atom is -0.507 e. The Labute approximate surface area is 252 Å². The molecule has 45 heavy (non-hydrogen) atoms. The van der Waals surface area contributed by atoms with E-state index in [2.05, 4.69) is 0 Å². The number of nitrogens with one attached hydrogen (secondary N) is 1. The van der Waals surface area contributed by atoms with Crippen molar-refractivity contribution in [3.05, 3.63) is 51.6 Å². The first kappa shape index (κ1) is 32.3. The number of rotatable bonds is 6. The van der Waals surface area contributed by atoms with E-state index in [1.54, 1.807) is 5.32 Å². The Hall–Kier alpha value is -4.09. The standard InChI is InChI=1S/C29H28F3NO12/c1-10-22(36)13(33-27(41)29(30,31)32)6-17(44-10)45-15-8-28(42,16(35)9-34)7-12-19(15)26(40)21-20(24(12)38)23(37)11-4-3-5-14(43-2)18(11)25(21)39/h3-5,10,13,15,17,22,34,36,38,40,42H,6-9H2,1-2H3,(H,33,41)/t10?,13?,15?,17-,22?,28-/m0/s1. The first-order chi connectivity index (χ1) is 21.0. The molecule has 0 spiro atoms. The van der Waals surface area contributed by atoms with Gasteiger partial charge in [-0.15, -0.1) is 0 Å². The second kappa shape index (κ2) is 11.4. The smallest absolute Gasteiger partial charge is 0.471 e. The molecular weight excluding hydrogens is 611 g/mol. The Kier molecular flexibility index (Phi) is 8.16. The highest BCUT2D eigenvalue weighted by molar-refractivity contribution is 6.31. The van der Waals surface area contributed by atoms with Crippen LogP contribution in [0, 0.1) is 0 Å². The summed E-state index contributed by atoms with van der Waals surface area (Å²) in [5.74, 6) is -6.94. The molecule has 3 aliphatic rings. The van der Waals surface area contributed by atoms with Gasteiger partial charge in [-0.05, 0) is 13.0 Å². The largest absolute Gasteiger partial charge is 0.507 e. The van der Waals surface area contributed by atoms with E-state index in [1.807, 2.05) is 0 Å². The topological polar surface area (TPSA) is 209 Å². The maximum Gasteiger partial charge on any atom is 0.471 e. The number of ether oxygens (including phenoxy) is 3. The summed E-state index contributed by atoms with van der Waals surface area (Å²) in [6.07, 6.45) is -13.3. The fourth-order valence-corrected chi connectivity index (χ4v) is 6.11. The van der Waals surface area contributed by atoms with Gasteiger partial charge in [0.25, 0.3) is 0 Å². The SMILES string of the molecule is COc1cccc2c1C(=O)c1c(O)c3c(c(O)c1C2=O)C[C@@](O)(C(=O)CO)CC3O[C@H]1CC(NC(=O)C(F)(F)F)C(O)C(C)O1. The van der Waals surface area contributed by atoms with E-state index in [1.165, 1.54) is 32.2 Å². The van der Waals surface area contributed by atoms with Crippen molar-refractivity contribution >= 4 is 23.3 Å². The third-order valence-corrected chi connectivity index (χ3v) is 8.33. The summed E-state index contributed by atoms with van der Waals surface area (Å²) in [6, 6.07) is 2.60. The van der Waals surface area contributed by atoms with Gasteiger partial charge in [-0.1, -0.05) is 12.1 Å². The van der Waals surface area contributed by atoms with E-state index in [9.17, 15) is 57.9 Å². The molecule has 13 nitrogen and oxygen atoms in total. The van der Waals surface area contributed by atoms with Gasteiger partial charge in [0, 0.05) is 36.0 Å². The van der Waals surface area contributed by atoms with Crippen molar-refractivity contribution in [2.45, 2.75) is 68.6 Å². The lowest BCUT2D eigenvalue weighted by Crippen LogP contribution is -2.57. The van der Waals surface area contributed by atoms with E-state index in [-0.39, 0.29) is 28.0 Å². The van der Waals surface area contributed by atoms with Crippen LogP contribution in [-0.2, 0) is 25.5 Å². The maximum atomic E-state index is 13.7. The number of hydrogen-bond acceptors (Lipinski definition) is 12. The van der Waals surface area contributed by atoms with Crippen LogP contribution < -0.4 is 10.1 Å². The van der Waals surface area contributed by atoms with Crippen LogP contribution in [0.25, 0.3) is 0 Å². The number of fused-ring (bicyclic) bond motifs is 3. The molecule has 0 aromatic heterocycles. The number of carbonyl (C=O) groups is 4. The zero-order valence-corrected chi connectivity index (χ0v) is 23.7. The normalized spacial score (nSPS) is 27.7. The molecule has 1 saturated heterocycles. The molecule has 1 heterocycles. The van der Waals surface area contributed by atoms with Gasteiger partial charge in [0.2, 0.25) is 5.78 Å². The van der Waals surface area contributed by atoms with Crippen molar-refractivity contribution in [2.24, 2.45) is 0 Å². The molecule has 1 fully saturated rings. The Morgan fingerprint density at radius 3 is 2.40 bits per heavy atom. The van der Waals surface area contributed by atoms with E-state index in [0.717, 1.165) is 0 Å². The van der Waals surface area contributed by atoms with Crippen molar-refractivity contribution in [1.82, 2.24) is 5.32 Å². The Bertz CT molecular complexity index is 1610. The molecular formula is C29H28F3NO12. The van der Waals surface area contributed by atoms with Crippen LogP contribution in [0.3, 0.4) is 0 Å². The van der Waals surface area contributed by atoms with Crippen LogP contribution in [0.1, 0.15) is 68.8 Å². The number of alkyl halides is 3. The third-order valence-electron chi connectivity index (χ3n) is 8.33. The molecule has 1 amide bonds. The molecule has 0 saturated carbocycles. The highest BCUT2D eigenvalue weighted by Crippen LogP contribution is 2.52. The molecule has 0 bridgehead atoms. The summed E-state index contributed by atoms with van der Waals surface area (Å²) in [6.45, 7) is 0.123. The number of Topliss-reactive ketones (excluding diaryl/α,β-unsaturated/α-hetero) is 1. The van der Waals surface area contributed by atoms with Gasteiger partial charge in [0.05, 0.1) is 42.0 Å². The zero-order valence-electron chi connectivity index (χ0n) is 23.7. The van der Waals surface area contributed by atoms with Crippen molar-refractivity contribution in [3.63, 3.8) is 0 Å². The van der Waals surface area contributed by atoms with Crippen LogP contribution >= 0.6 is 0 Å². The van der Waals surface area contributed by atoms with Crippen molar-refractivity contribution in [2.75, 3.05) is 13.7 Å². The number of aliphatic hydroxyl groups excluding tert-OH is 2. The van der Waals surface area contributed by atoms with E-state index in [0.29, 0.717) is 0 Å². The minimum atomic E-state index is -5.27. The predicted molar refractivity (Wildman–Crippen MR) is 142 cm³/mol. The van der Waals surface area contributed by atoms with Crippen LogP contribution in [0.5, 0.6) is 17.2 Å². The van der Waals surface area contributed by atoms with Gasteiger partial charge in [0.15, 0.2) is 17.9 Å². The minimum absolute atomic E-state index is 0.000996. The van der Waals surface area contributed by atoms with Gasteiger partial charge in [-0.3, -0.25) is 19.2 Å². The molecule has 6 atom stereocenters. The molecule has 0 radical (unpaired) electrons. The van der Waals surface area contributed by atoms with Crippen molar-refractivity contribution < 1.29 is 72.1 Å².